The van der Waals surface area contributed by atoms with Crippen LogP contribution in [0.5, 0.6) is 11.5 Å². The normalized spacial score (nSPS) is 12.9. The number of ether oxygens (including phenoxy) is 2. The van der Waals surface area contributed by atoms with Crippen molar-refractivity contribution in [3.8, 4) is 11.5 Å². The lowest BCUT2D eigenvalue weighted by atomic mass is 10.1. The maximum atomic E-state index is 12.4. The van der Waals surface area contributed by atoms with Crippen LogP contribution in [0.4, 0.5) is 5.69 Å². The van der Waals surface area contributed by atoms with E-state index in [0.29, 0.717) is 25.5 Å². The molecule has 1 aliphatic heterocycles. The van der Waals surface area contributed by atoms with Crippen LogP contribution in [0.2, 0.25) is 0 Å². The summed E-state index contributed by atoms with van der Waals surface area (Å²) in [6.07, 6.45) is 0. The van der Waals surface area contributed by atoms with Crippen LogP contribution in [-0.2, 0) is 11.3 Å². The molecular weight excluding hydrogens is 316 g/mol. The standard InChI is InChI=1S/C20H24N2O3/c1-3-22(13-16-7-5-4-6-15(16)2)14-20(23)21-17-8-9-18-19(12-17)25-11-10-24-18/h4-9,12H,3,10-11,13-14H2,1-2H3,(H,21,23). The van der Waals surface area contributed by atoms with Crippen molar-refractivity contribution in [2.24, 2.45) is 0 Å². The van der Waals surface area contributed by atoms with Gasteiger partial charge in [0.2, 0.25) is 5.91 Å². The van der Waals surface area contributed by atoms with E-state index in [1.807, 2.05) is 30.3 Å². The van der Waals surface area contributed by atoms with E-state index in [1.165, 1.54) is 11.1 Å². The first-order chi connectivity index (χ1) is 12.2. The van der Waals surface area contributed by atoms with E-state index < -0.39 is 0 Å². The Balaban J connectivity index is 1.60. The third-order valence-corrected chi connectivity index (χ3v) is 4.30. The molecule has 1 heterocycles. The van der Waals surface area contributed by atoms with E-state index in [0.717, 1.165) is 24.5 Å². The van der Waals surface area contributed by atoms with E-state index in [2.05, 4.69) is 36.2 Å². The van der Waals surface area contributed by atoms with Gasteiger partial charge in [-0.15, -0.1) is 0 Å². The van der Waals surface area contributed by atoms with Crippen LogP contribution in [0.15, 0.2) is 42.5 Å². The predicted molar refractivity (Wildman–Crippen MR) is 98.2 cm³/mol. The van der Waals surface area contributed by atoms with E-state index >= 15 is 0 Å². The number of likely N-dealkylation sites (N-methyl/N-ethyl adjacent to an activating group) is 1. The molecule has 0 bridgehead atoms. The molecule has 2 aromatic rings. The molecule has 2 aromatic carbocycles. The van der Waals surface area contributed by atoms with Gasteiger partial charge in [0.25, 0.3) is 0 Å². The van der Waals surface area contributed by atoms with Crippen LogP contribution in [-0.4, -0.2) is 37.1 Å². The number of anilines is 1. The van der Waals surface area contributed by atoms with Crippen LogP contribution in [0, 0.1) is 6.92 Å². The molecule has 0 atom stereocenters. The fourth-order valence-corrected chi connectivity index (χ4v) is 2.83. The maximum absolute atomic E-state index is 12.4. The van der Waals surface area contributed by atoms with Crippen molar-refractivity contribution in [3.05, 3.63) is 53.6 Å². The van der Waals surface area contributed by atoms with Crippen LogP contribution < -0.4 is 14.8 Å². The summed E-state index contributed by atoms with van der Waals surface area (Å²) in [6, 6.07) is 13.7. The average molecular weight is 340 g/mol. The summed E-state index contributed by atoms with van der Waals surface area (Å²) in [4.78, 5) is 14.5. The van der Waals surface area contributed by atoms with E-state index in [9.17, 15) is 4.79 Å². The van der Waals surface area contributed by atoms with Gasteiger partial charge in [-0.1, -0.05) is 31.2 Å². The van der Waals surface area contributed by atoms with Gasteiger partial charge in [-0.2, -0.15) is 0 Å². The number of benzene rings is 2. The number of carbonyl (C=O) groups excluding carboxylic acids is 1. The van der Waals surface area contributed by atoms with E-state index in [-0.39, 0.29) is 5.91 Å². The molecule has 0 aliphatic carbocycles. The summed E-state index contributed by atoms with van der Waals surface area (Å²) in [7, 11) is 0. The first-order valence-electron chi connectivity index (χ1n) is 8.62. The fraction of sp³-hybridized carbons (Fsp3) is 0.350. The Morgan fingerprint density at radius 2 is 1.88 bits per heavy atom. The molecule has 25 heavy (non-hydrogen) atoms. The van der Waals surface area contributed by atoms with Gasteiger partial charge in [0.15, 0.2) is 11.5 Å². The van der Waals surface area contributed by atoms with Crippen LogP contribution in [0.3, 0.4) is 0 Å². The molecule has 0 saturated carbocycles. The molecule has 0 spiro atoms. The summed E-state index contributed by atoms with van der Waals surface area (Å²) in [5, 5.41) is 2.94. The molecule has 0 radical (unpaired) electrons. The first kappa shape index (κ1) is 17.3. The van der Waals surface area contributed by atoms with Gasteiger partial charge >= 0.3 is 0 Å². The van der Waals surface area contributed by atoms with Crippen molar-refractivity contribution in [3.63, 3.8) is 0 Å². The highest BCUT2D eigenvalue weighted by Gasteiger charge is 2.14. The SMILES string of the molecule is CCN(CC(=O)Nc1ccc2c(c1)OCCO2)Cc1ccccc1C. The Kier molecular flexibility index (Phi) is 5.56. The minimum atomic E-state index is -0.0351. The summed E-state index contributed by atoms with van der Waals surface area (Å²) >= 11 is 0. The smallest absolute Gasteiger partial charge is 0.238 e. The number of hydrogen-bond donors (Lipinski definition) is 1. The highest BCUT2D eigenvalue weighted by atomic mass is 16.6. The summed E-state index contributed by atoms with van der Waals surface area (Å²) < 4.78 is 11.1. The molecule has 1 N–H and O–H groups in total. The lowest BCUT2D eigenvalue weighted by Gasteiger charge is -2.22. The van der Waals surface area contributed by atoms with Crippen molar-refractivity contribution in [2.45, 2.75) is 20.4 Å². The molecule has 5 nitrogen and oxygen atoms in total. The second kappa shape index (κ2) is 8.03. The van der Waals surface area contributed by atoms with E-state index in [1.54, 1.807) is 0 Å². The fourth-order valence-electron chi connectivity index (χ4n) is 2.83. The Morgan fingerprint density at radius 3 is 2.64 bits per heavy atom. The van der Waals surface area contributed by atoms with Crippen molar-refractivity contribution in [1.82, 2.24) is 4.90 Å². The summed E-state index contributed by atoms with van der Waals surface area (Å²) in [6.45, 7) is 7.17. The number of rotatable bonds is 6. The third-order valence-electron chi connectivity index (χ3n) is 4.30. The third kappa shape index (κ3) is 4.51. The second-order valence-electron chi connectivity index (χ2n) is 6.14. The molecule has 3 rings (SSSR count). The number of amides is 1. The first-order valence-corrected chi connectivity index (χ1v) is 8.62. The zero-order chi connectivity index (χ0) is 17.6. The molecule has 0 saturated heterocycles. The Morgan fingerprint density at radius 1 is 1.12 bits per heavy atom. The van der Waals surface area contributed by atoms with E-state index in [4.69, 9.17) is 9.47 Å². The highest BCUT2D eigenvalue weighted by Crippen LogP contribution is 2.32. The lowest BCUT2D eigenvalue weighted by molar-refractivity contribution is -0.117. The van der Waals surface area contributed by atoms with Gasteiger partial charge in [-0.05, 0) is 36.7 Å². The molecular formula is C20H24N2O3. The Labute approximate surface area is 148 Å². The summed E-state index contributed by atoms with van der Waals surface area (Å²) in [5.41, 5.74) is 3.21. The van der Waals surface area contributed by atoms with Crippen molar-refractivity contribution < 1.29 is 14.3 Å². The number of aryl methyl sites for hydroxylation is 1. The average Bonchev–Trinajstić information content (AvgIpc) is 2.62. The quantitative estimate of drug-likeness (QED) is 0.877. The molecule has 1 amide bonds. The molecule has 132 valence electrons. The van der Waals surface area contributed by atoms with Crippen molar-refractivity contribution in [2.75, 3.05) is 31.6 Å². The van der Waals surface area contributed by atoms with Crippen molar-refractivity contribution in [1.29, 1.82) is 0 Å². The topological polar surface area (TPSA) is 50.8 Å². The number of fused-ring (bicyclic) bond motifs is 1. The van der Waals surface area contributed by atoms with Crippen LogP contribution >= 0.6 is 0 Å². The zero-order valence-corrected chi connectivity index (χ0v) is 14.7. The van der Waals surface area contributed by atoms with Crippen LogP contribution in [0.25, 0.3) is 0 Å². The second-order valence-corrected chi connectivity index (χ2v) is 6.14. The maximum Gasteiger partial charge on any atom is 0.238 e. The van der Waals surface area contributed by atoms with Gasteiger partial charge in [-0.25, -0.2) is 0 Å². The summed E-state index contributed by atoms with van der Waals surface area (Å²) in [5.74, 6) is 1.36. The monoisotopic (exact) mass is 340 g/mol. The molecule has 0 unspecified atom stereocenters. The predicted octanol–water partition coefficient (Wildman–Crippen LogP) is 3.23. The van der Waals surface area contributed by atoms with Crippen molar-refractivity contribution >= 4 is 11.6 Å². The number of nitrogens with zero attached hydrogens (tertiary/aromatic N) is 1. The molecule has 5 heteroatoms. The lowest BCUT2D eigenvalue weighted by Crippen LogP contribution is -2.33. The van der Waals surface area contributed by atoms with Gasteiger partial charge in [0.1, 0.15) is 13.2 Å². The number of hydrogen-bond acceptors (Lipinski definition) is 4. The minimum absolute atomic E-state index is 0.0351. The Bertz CT molecular complexity index is 745. The number of nitrogens with one attached hydrogen (secondary N) is 1. The van der Waals surface area contributed by atoms with Gasteiger partial charge in [0.05, 0.1) is 6.54 Å². The highest BCUT2D eigenvalue weighted by molar-refractivity contribution is 5.92. The molecule has 1 aliphatic rings. The number of carbonyl (C=O) groups is 1. The van der Waals surface area contributed by atoms with Gasteiger partial charge in [0, 0.05) is 18.3 Å². The minimum Gasteiger partial charge on any atom is -0.486 e. The largest absolute Gasteiger partial charge is 0.486 e. The van der Waals surface area contributed by atoms with Gasteiger partial charge in [-0.3, -0.25) is 9.69 Å². The van der Waals surface area contributed by atoms with Crippen LogP contribution in [0.1, 0.15) is 18.1 Å². The molecule has 0 aromatic heterocycles. The van der Waals surface area contributed by atoms with Gasteiger partial charge < -0.3 is 14.8 Å². The molecule has 0 fully saturated rings. The zero-order valence-electron chi connectivity index (χ0n) is 14.7. The Hall–Kier alpha value is -2.53.